The van der Waals surface area contributed by atoms with Crippen LogP contribution in [0.2, 0.25) is 0 Å². The summed E-state index contributed by atoms with van der Waals surface area (Å²) in [6.07, 6.45) is -0.0189. The topological polar surface area (TPSA) is 65.6 Å². The summed E-state index contributed by atoms with van der Waals surface area (Å²) in [5.74, 6) is -0.153. The van der Waals surface area contributed by atoms with Crippen LogP contribution in [0, 0.1) is 0 Å². The number of methoxy groups -OCH3 is 1. The van der Waals surface area contributed by atoms with Crippen LogP contribution in [-0.4, -0.2) is 42.2 Å². The number of carbonyl (C=O) groups is 1. The number of H-pyrrole nitrogens is 1. The van der Waals surface area contributed by atoms with Crippen molar-refractivity contribution in [2.45, 2.75) is 13.0 Å². The lowest BCUT2D eigenvalue weighted by Crippen LogP contribution is -2.13. The second-order valence-electron chi connectivity index (χ2n) is 4.89. The minimum absolute atomic E-state index is 0.0189. The van der Waals surface area contributed by atoms with Crippen molar-refractivity contribution in [1.29, 1.82) is 0 Å². The van der Waals surface area contributed by atoms with Crippen molar-refractivity contribution in [3.05, 3.63) is 27.9 Å². The van der Waals surface area contributed by atoms with Gasteiger partial charge in [0.2, 0.25) is 0 Å². The van der Waals surface area contributed by atoms with E-state index in [0.29, 0.717) is 12.3 Å². The largest absolute Gasteiger partial charge is 0.496 e. The van der Waals surface area contributed by atoms with Crippen LogP contribution in [0.5, 0.6) is 5.75 Å². The smallest absolute Gasteiger partial charge is 0.307 e. The molecule has 1 aromatic heterocycles. The van der Waals surface area contributed by atoms with Crippen LogP contribution in [-0.2, 0) is 17.8 Å². The molecule has 5 nitrogen and oxygen atoms in total. The van der Waals surface area contributed by atoms with Crippen molar-refractivity contribution in [3.8, 4) is 5.75 Å². The lowest BCUT2D eigenvalue weighted by atomic mass is 10.1. The van der Waals surface area contributed by atoms with Gasteiger partial charge in [0.1, 0.15) is 5.75 Å². The van der Waals surface area contributed by atoms with Gasteiger partial charge in [-0.05, 0) is 47.7 Å². The summed E-state index contributed by atoms with van der Waals surface area (Å²) in [4.78, 5) is 16.4. The molecular formula is C14H17BrN2O3. The lowest BCUT2D eigenvalue weighted by molar-refractivity contribution is -0.136. The Bertz CT molecular complexity index is 649. The molecule has 20 heavy (non-hydrogen) atoms. The fourth-order valence-electron chi connectivity index (χ4n) is 2.30. The molecule has 0 saturated carbocycles. The molecule has 0 unspecified atom stereocenters. The molecule has 2 rings (SSSR count). The van der Waals surface area contributed by atoms with Crippen LogP contribution in [0.15, 0.2) is 16.6 Å². The molecule has 0 spiro atoms. The number of benzene rings is 1. The van der Waals surface area contributed by atoms with Crippen molar-refractivity contribution < 1.29 is 14.6 Å². The van der Waals surface area contributed by atoms with Gasteiger partial charge in [0.05, 0.1) is 18.0 Å². The summed E-state index contributed by atoms with van der Waals surface area (Å²) < 4.78 is 6.07. The summed E-state index contributed by atoms with van der Waals surface area (Å²) in [7, 11) is 5.49. The zero-order valence-electron chi connectivity index (χ0n) is 11.7. The molecule has 0 aliphatic carbocycles. The Balaban J connectivity index is 2.67. The van der Waals surface area contributed by atoms with E-state index in [9.17, 15) is 4.79 Å². The van der Waals surface area contributed by atoms with Gasteiger partial charge in [0, 0.05) is 23.1 Å². The molecule has 0 saturated heterocycles. The monoisotopic (exact) mass is 340 g/mol. The van der Waals surface area contributed by atoms with Crippen molar-refractivity contribution in [2.24, 2.45) is 0 Å². The van der Waals surface area contributed by atoms with E-state index in [1.54, 1.807) is 7.11 Å². The highest BCUT2D eigenvalue weighted by molar-refractivity contribution is 9.10. The number of nitrogens with zero attached hydrogens (tertiary/aromatic N) is 1. The molecule has 0 bridgehead atoms. The Kier molecular flexibility index (Phi) is 4.35. The maximum Gasteiger partial charge on any atom is 0.307 e. The van der Waals surface area contributed by atoms with Gasteiger partial charge >= 0.3 is 5.97 Å². The number of aromatic amines is 1. The van der Waals surface area contributed by atoms with Gasteiger partial charge in [-0.1, -0.05) is 0 Å². The highest BCUT2D eigenvalue weighted by Gasteiger charge is 2.19. The molecule has 0 aliphatic rings. The Hall–Kier alpha value is -1.53. The minimum atomic E-state index is -0.847. The van der Waals surface area contributed by atoms with E-state index in [4.69, 9.17) is 9.84 Å². The molecular weight excluding hydrogens is 324 g/mol. The fraction of sp³-hybridized carbons (Fsp3) is 0.357. The molecule has 1 aromatic carbocycles. The third kappa shape index (κ3) is 2.81. The first kappa shape index (κ1) is 14.9. The number of hydrogen-bond donors (Lipinski definition) is 2. The minimum Gasteiger partial charge on any atom is -0.496 e. The highest BCUT2D eigenvalue weighted by Crippen LogP contribution is 2.37. The maximum atomic E-state index is 11.1. The number of aromatic nitrogens is 1. The van der Waals surface area contributed by atoms with E-state index in [1.165, 1.54) is 0 Å². The van der Waals surface area contributed by atoms with Gasteiger partial charge in [-0.2, -0.15) is 0 Å². The molecule has 0 aliphatic heterocycles. The van der Waals surface area contributed by atoms with Crippen LogP contribution in [0.25, 0.3) is 10.9 Å². The van der Waals surface area contributed by atoms with Gasteiger partial charge in [0.15, 0.2) is 0 Å². The Labute approximate surface area is 125 Å². The van der Waals surface area contributed by atoms with Gasteiger partial charge < -0.3 is 19.7 Å². The molecule has 0 fully saturated rings. The normalized spacial score (nSPS) is 11.2. The molecule has 0 radical (unpaired) electrons. The summed E-state index contributed by atoms with van der Waals surface area (Å²) in [5, 5.41) is 10.0. The van der Waals surface area contributed by atoms with Gasteiger partial charge in [-0.3, -0.25) is 4.79 Å². The first-order valence-corrected chi connectivity index (χ1v) is 6.95. The number of carboxylic acid groups (broad SMARTS) is 1. The van der Waals surface area contributed by atoms with Crippen LogP contribution >= 0.6 is 15.9 Å². The van der Waals surface area contributed by atoms with Crippen molar-refractivity contribution in [2.75, 3.05) is 21.2 Å². The number of ether oxygens (including phenoxy) is 1. The zero-order chi connectivity index (χ0) is 14.9. The van der Waals surface area contributed by atoms with Crippen molar-refractivity contribution in [3.63, 3.8) is 0 Å². The van der Waals surface area contributed by atoms with Crippen molar-refractivity contribution >= 4 is 32.8 Å². The predicted molar refractivity (Wildman–Crippen MR) is 81.3 cm³/mol. The second kappa shape index (κ2) is 5.85. The Morgan fingerprint density at radius 3 is 2.70 bits per heavy atom. The average Bonchev–Trinajstić information content (AvgIpc) is 2.67. The van der Waals surface area contributed by atoms with Crippen LogP contribution < -0.4 is 4.74 Å². The maximum absolute atomic E-state index is 11.1. The quantitative estimate of drug-likeness (QED) is 0.878. The zero-order valence-corrected chi connectivity index (χ0v) is 13.2. The van der Waals surface area contributed by atoms with E-state index < -0.39 is 5.97 Å². The summed E-state index contributed by atoms with van der Waals surface area (Å²) in [5.41, 5.74) is 2.62. The van der Waals surface area contributed by atoms with Crippen molar-refractivity contribution in [1.82, 2.24) is 9.88 Å². The molecule has 108 valence electrons. The van der Waals surface area contributed by atoms with Crippen LogP contribution in [0.1, 0.15) is 11.3 Å². The van der Waals surface area contributed by atoms with Crippen LogP contribution in [0.4, 0.5) is 0 Å². The number of rotatable bonds is 5. The number of carboxylic acids is 1. The number of fused-ring (bicyclic) bond motifs is 1. The lowest BCUT2D eigenvalue weighted by Gasteiger charge is -2.10. The number of hydrogen-bond acceptors (Lipinski definition) is 3. The first-order valence-electron chi connectivity index (χ1n) is 6.16. The molecule has 2 N–H and O–H groups in total. The van der Waals surface area contributed by atoms with E-state index in [0.717, 1.165) is 26.6 Å². The van der Waals surface area contributed by atoms with Crippen LogP contribution in [0.3, 0.4) is 0 Å². The number of halogens is 1. The van der Waals surface area contributed by atoms with E-state index in [-0.39, 0.29) is 6.42 Å². The average molecular weight is 341 g/mol. The van der Waals surface area contributed by atoms with Gasteiger partial charge in [0.25, 0.3) is 0 Å². The molecule has 2 aromatic rings. The van der Waals surface area contributed by atoms with E-state index in [2.05, 4.69) is 20.9 Å². The SMILES string of the molecule is COc1ccc2[nH]c(CN(C)C)c(CC(=O)O)c2c1Br. The van der Waals surface area contributed by atoms with Gasteiger partial charge in [-0.25, -0.2) is 0 Å². The van der Waals surface area contributed by atoms with Gasteiger partial charge in [-0.15, -0.1) is 0 Å². The number of aliphatic carboxylic acids is 1. The third-order valence-corrected chi connectivity index (χ3v) is 3.87. The summed E-state index contributed by atoms with van der Waals surface area (Å²) >= 11 is 3.51. The summed E-state index contributed by atoms with van der Waals surface area (Å²) in [6.45, 7) is 0.659. The standard InChI is InChI=1S/C14H17BrN2O3/c1-17(2)7-10-8(6-12(18)19)13-9(16-10)4-5-11(20-3)14(13)15/h4-5,16H,6-7H2,1-3H3,(H,18,19). The van der Waals surface area contributed by atoms with E-state index in [1.807, 2.05) is 31.1 Å². The number of nitrogens with one attached hydrogen (secondary N) is 1. The Morgan fingerprint density at radius 2 is 2.15 bits per heavy atom. The molecule has 0 atom stereocenters. The predicted octanol–water partition coefficient (Wildman–Crippen LogP) is 2.63. The highest BCUT2D eigenvalue weighted by atomic mass is 79.9. The third-order valence-electron chi connectivity index (χ3n) is 3.08. The first-order chi connectivity index (χ1) is 9.43. The Morgan fingerprint density at radius 1 is 1.45 bits per heavy atom. The summed E-state index contributed by atoms with van der Waals surface area (Å²) in [6, 6.07) is 3.76. The molecule has 0 amide bonds. The molecule has 6 heteroatoms. The van der Waals surface area contributed by atoms with E-state index >= 15 is 0 Å². The second-order valence-corrected chi connectivity index (χ2v) is 5.69. The fourth-order valence-corrected chi connectivity index (χ4v) is 3.05. The molecule has 1 heterocycles.